The Morgan fingerprint density at radius 2 is 0.354 bits per heavy atom. The zero-order valence-corrected chi connectivity index (χ0v) is 33.6. The van der Waals surface area contributed by atoms with Crippen LogP contribution in [0.1, 0.15) is 76.6 Å². The van der Waals surface area contributed by atoms with Gasteiger partial charge in [-0.15, -0.1) is 0 Å². The minimum absolute atomic E-state index is 0.132. The summed E-state index contributed by atoms with van der Waals surface area (Å²) in [6, 6.07) is -0.257. The fourth-order valence-corrected chi connectivity index (χ4v) is 11.3. The molecular weight excluding hydrogens is 986 g/mol. The molecule has 0 unspecified atom stereocenters. The molecule has 0 aliphatic carbocycles. The summed E-state index contributed by atoms with van der Waals surface area (Å²) < 4.78 is 331. The lowest BCUT2D eigenvalue weighted by molar-refractivity contribution is -0.144. The lowest BCUT2D eigenvalue weighted by atomic mass is 10.1. The van der Waals surface area contributed by atoms with Crippen LogP contribution >= 0.6 is 15.8 Å². The summed E-state index contributed by atoms with van der Waals surface area (Å²) in [7, 11) is -5.83. The van der Waals surface area contributed by atoms with Crippen LogP contribution in [0, 0.1) is 0 Å². The van der Waals surface area contributed by atoms with Gasteiger partial charge >= 0.3 is 49.4 Å². The van der Waals surface area contributed by atoms with E-state index in [1.807, 2.05) is 0 Å². The van der Waals surface area contributed by atoms with E-state index < -0.39 is 143 Å². The molecule has 0 aliphatic rings. The molecule has 0 atom stereocenters. The van der Waals surface area contributed by atoms with Crippen LogP contribution in [0.2, 0.25) is 0 Å². The number of rotatable bonds is 12. The molecule has 360 valence electrons. The first-order valence-corrected chi connectivity index (χ1v) is 21.0. The molecular formula is C39H26F24P2. The highest BCUT2D eigenvalue weighted by Gasteiger charge is 2.42. The van der Waals surface area contributed by atoms with Crippen molar-refractivity contribution in [1.82, 2.24) is 0 Å². The van der Waals surface area contributed by atoms with Crippen LogP contribution in [0.15, 0.2) is 72.8 Å². The van der Waals surface area contributed by atoms with Crippen molar-refractivity contribution < 1.29 is 105 Å². The second kappa shape index (κ2) is 19.0. The van der Waals surface area contributed by atoms with Gasteiger partial charge in [0.25, 0.3) is 0 Å². The normalized spacial score (nSPS) is 13.9. The number of benzene rings is 4. The van der Waals surface area contributed by atoms with Gasteiger partial charge in [-0.2, -0.15) is 105 Å². The summed E-state index contributed by atoms with van der Waals surface area (Å²) in [5.74, 6) is 0. The molecule has 0 bridgehead atoms. The van der Waals surface area contributed by atoms with Crippen molar-refractivity contribution in [3.05, 3.63) is 117 Å². The predicted octanol–water partition coefficient (Wildman–Crippen LogP) is 15.4. The van der Waals surface area contributed by atoms with Gasteiger partial charge in [0.05, 0.1) is 44.5 Å². The number of halogens is 24. The Kier molecular flexibility index (Phi) is 15.7. The van der Waals surface area contributed by atoms with E-state index in [0.717, 1.165) is 0 Å². The van der Waals surface area contributed by atoms with Gasteiger partial charge in [-0.1, -0.05) is 19.3 Å². The summed E-state index contributed by atoms with van der Waals surface area (Å²) in [4.78, 5) is 0. The first-order valence-electron chi connectivity index (χ1n) is 18.0. The third-order valence-electron chi connectivity index (χ3n) is 9.30. The molecule has 0 aromatic heterocycles. The number of hydrogen-bond acceptors (Lipinski definition) is 0. The molecule has 4 aromatic carbocycles. The molecule has 26 heteroatoms. The molecule has 0 aliphatic heterocycles. The Balaban J connectivity index is 1.71. The van der Waals surface area contributed by atoms with Crippen LogP contribution in [-0.2, 0) is 49.4 Å². The largest absolute Gasteiger partial charge is 0.416 e. The quantitative estimate of drug-likeness (QED) is 0.0754. The van der Waals surface area contributed by atoms with E-state index in [-0.39, 0.29) is 105 Å². The van der Waals surface area contributed by atoms with Crippen molar-refractivity contribution in [2.75, 3.05) is 12.3 Å². The molecule has 0 nitrogen and oxygen atoms in total. The fourth-order valence-electron chi connectivity index (χ4n) is 6.26. The van der Waals surface area contributed by atoms with Crippen molar-refractivity contribution in [1.29, 1.82) is 0 Å². The van der Waals surface area contributed by atoms with Crippen molar-refractivity contribution in [3.8, 4) is 0 Å². The highest BCUT2D eigenvalue weighted by atomic mass is 31.1. The zero-order chi connectivity index (χ0) is 49.5. The van der Waals surface area contributed by atoms with E-state index in [1.54, 1.807) is 0 Å². The van der Waals surface area contributed by atoms with Gasteiger partial charge in [-0.05, 0) is 135 Å². The average Bonchev–Trinajstić information content (AvgIpc) is 3.14. The van der Waals surface area contributed by atoms with Crippen LogP contribution in [0.4, 0.5) is 105 Å². The summed E-state index contributed by atoms with van der Waals surface area (Å²) in [5.41, 5.74) is -15.6. The summed E-state index contributed by atoms with van der Waals surface area (Å²) in [6.07, 6.45) is -46.5. The monoisotopic (exact) mass is 1010 g/mol. The molecule has 0 saturated carbocycles. The van der Waals surface area contributed by atoms with Crippen LogP contribution in [-0.4, -0.2) is 12.3 Å². The van der Waals surface area contributed by atoms with E-state index in [2.05, 4.69) is 0 Å². The fraction of sp³-hybridized carbons (Fsp3) is 0.385. The molecule has 0 spiro atoms. The van der Waals surface area contributed by atoms with Crippen LogP contribution in [0.5, 0.6) is 0 Å². The number of unbranched alkanes of at least 4 members (excludes halogenated alkanes) is 4. The predicted molar refractivity (Wildman–Crippen MR) is 191 cm³/mol. The molecule has 4 aromatic rings. The van der Waals surface area contributed by atoms with E-state index in [0.29, 0.717) is 0 Å². The van der Waals surface area contributed by atoms with Crippen molar-refractivity contribution in [2.24, 2.45) is 0 Å². The standard InChI is InChI=1S/C39H26F24P2/c40-32(41,42)20-8-21(33(43,44)45)13-28(12-20)64(29-14-22(34(46,47)48)9-23(15-29)35(49,50)51)6-4-2-1-3-5-7-65(30-16-24(36(52,53)54)10-25(17-30)37(55,56)57)31-18-26(38(58,59)60)11-27(19-31)39(61,62)63/h8-19H,1-7H2. The molecule has 0 saturated heterocycles. The van der Waals surface area contributed by atoms with Crippen LogP contribution < -0.4 is 21.2 Å². The maximum absolute atomic E-state index is 13.8. The Morgan fingerprint density at radius 1 is 0.215 bits per heavy atom. The number of alkyl halides is 24. The van der Waals surface area contributed by atoms with E-state index in [1.165, 1.54) is 0 Å². The molecule has 0 N–H and O–H groups in total. The molecule has 65 heavy (non-hydrogen) atoms. The molecule has 0 radical (unpaired) electrons. The van der Waals surface area contributed by atoms with Gasteiger partial charge in [0.2, 0.25) is 0 Å². The minimum atomic E-state index is -5.49. The second-order valence-electron chi connectivity index (χ2n) is 14.1. The first kappa shape index (κ1) is 53.7. The van der Waals surface area contributed by atoms with Gasteiger partial charge in [-0.25, -0.2) is 0 Å². The molecule has 4 rings (SSSR count). The maximum Gasteiger partial charge on any atom is 0.416 e. The second-order valence-corrected chi connectivity index (χ2v) is 18.8. The Labute approximate surface area is 353 Å². The van der Waals surface area contributed by atoms with Gasteiger partial charge in [0.15, 0.2) is 0 Å². The van der Waals surface area contributed by atoms with E-state index >= 15 is 0 Å². The summed E-state index contributed by atoms with van der Waals surface area (Å²) in [5, 5.41) is -3.73. The topological polar surface area (TPSA) is 0 Å². The molecule has 0 heterocycles. The molecule has 0 amide bonds. The summed E-state index contributed by atoms with van der Waals surface area (Å²) in [6.45, 7) is 0. The third-order valence-corrected chi connectivity index (χ3v) is 14.4. The van der Waals surface area contributed by atoms with Crippen molar-refractivity contribution in [3.63, 3.8) is 0 Å². The van der Waals surface area contributed by atoms with E-state index in [4.69, 9.17) is 0 Å². The molecule has 0 fully saturated rings. The lowest BCUT2D eigenvalue weighted by Crippen LogP contribution is -2.23. The Bertz CT molecular complexity index is 1830. The van der Waals surface area contributed by atoms with Crippen molar-refractivity contribution in [2.45, 2.75) is 81.5 Å². The van der Waals surface area contributed by atoms with Crippen molar-refractivity contribution >= 4 is 37.1 Å². The summed E-state index contributed by atoms with van der Waals surface area (Å²) >= 11 is 0. The zero-order valence-electron chi connectivity index (χ0n) is 31.8. The van der Waals surface area contributed by atoms with Gasteiger partial charge in [0, 0.05) is 0 Å². The Hall–Kier alpha value is -3.94. The average molecular weight is 1010 g/mol. The highest BCUT2D eigenvalue weighted by molar-refractivity contribution is 7.73. The minimum Gasteiger partial charge on any atom is -0.166 e. The van der Waals surface area contributed by atoms with Crippen LogP contribution in [0.3, 0.4) is 0 Å². The first-order chi connectivity index (χ1) is 29.3. The maximum atomic E-state index is 13.8. The van der Waals surface area contributed by atoms with Gasteiger partial charge in [-0.3, -0.25) is 0 Å². The smallest absolute Gasteiger partial charge is 0.166 e. The SMILES string of the molecule is FC(F)(F)c1cc(P(CCCCCCCP(c2cc(C(F)(F)F)cc(C(F)(F)F)c2)c2cc(C(F)(F)F)cc(C(F)(F)F)c2)c2cc(C(F)(F)F)cc(C(F)(F)F)c2)cc(C(F)(F)F)c1. The Morgan fingerprint density at radius 3 is 0.492 bits per heavy atom. The highest BCUT2D eigenvalue weighted by Crippen LogP contribution is 2.46. The van der Waals surface area contributed by atoms with Gasteiger partial charge < -0.3 is 0 Å². The van der Waals surface area contributed by atoms with Crippen LogP contribution in [0.25, 0.3) is 0 Å². The lowest BCUT2D eigenvalue weighted by Gasteiger charge is -2.24. The van der Waals surface area contributed by atoms with Gasteiger partial charge in [0.1, 0.15) is 0 Å². The third kappa shape index (κ3) is 14.5. The number of hydrogen-bond donors (Lipinski definition) is 0. The van der Waals surface area contributed by atoms with E-state index in [9.17, 15) is 105 Å².